The van der Waals surface area contributed by atoms with Crippen LogP contribution in [0.15, 0.2) is 18.3 Å². The summed E-state index contributed by atoms with van der Waals surface area (Å²) in [7, 11) is 4.19. The van der Waals surface area contributed by atoms with Crippen molar-refractivity contribution >= 4 is 11.0 Å². The second-order valence-corrected chi connectivity index (χ2v) is 5.42. The zero-order valence-electron chi connectivity index (χ0n) is 11.7. The van der Waals surface area contributed by atoms with Gasteiger partial charge in [0, 0.05) is 30.2 Å². The van der Waals surface area contributed by atoms with Gasteiger partial charge >= 0.3 is 0 Å². The van der Waals surface area contributed by atoms with Crippen molar-refractivity contribution in [2.75, 3.05) is 27.2 Å². The molecule has 1 aliphatic rings. The highest BCUT2D eigenvalue weighted by atomic mass is 16.5. The zero-order chi connectivity index (χ0) is 13.2. The summed E-state index contributed by atoms with van der Waals surface area (Å²) in [4.78, 5) is 6.75. The van der Waals surface area contributed by atoms with Crippen molar-refractivity contribution in [1.82, 2.24) is 14.5 Å². The van der Waals surface area contributed by atoms with Crippen molar-refractivity contribution in [2.45, 2.75) is 25.8 Å². The number of rotatable bonds is 3. The average molecular weight is 259 g/mol. The molecule has 0 radical (unpaired) electrons. The topological polar surface area (TPSA) is 30.3 Å². The molecular formula is C15H21N3O. The van der Waals surface area contributed by atoms with Crippen LogP contribution >= 0.6 is 0 Å². The molecule has 2 aromatic heterocycles. The Kier molecular flexibility index (Phi) is 3.42. The summed E-state index contributed by atoms with van der Waals surface area (Å²) in [5.74, 6) is 1.05. The van der Waals surface area contributed by atoms with Gasteiger partial charge in [-0.05, 0) is 45.5 Å². The van der Waals surface area contributed by atoms with E-state index in [2.05, 4.69) is 34.6 Å². The Bertz CT molecular complexity index is 574. The van der Waals surface area contributed by atoms with Crippen LogP contribution in [-0.4, -0.2) is 41.7 Å². The normalized spacial score (nSPS) is 15.3. The molecule has 2 aromatic rings. The van der Waals surface area contributed by atoms with E-state index in [-0.39, 0.29) is 0 Å². The molecule has 0 saturated heterocycles. The third-order valence-electron chi connectivity index (χ3n) is 3.70. The van der Waals surface area contributed by atoms with Gasteiger partial charge in [0.1, 0.15) is 5.65 Å². The van der Waals surface area contributed by atoms with Crippen LogP contribution in [0.25, 0.3) is 11.0 Å². The van der Waals surface area contributed by atoms with Crippen molar-refractivity contribution in [3.8, 4) is 5.88 Å². The van der Waals surface area contributed by atoms with Gasteiger partial charge in [0.15, 0.2) is 5.88 Å². The summed E-state index contributed by atoms with van der Waals surface area (Å²) in [5, 5.41) is 1.26. The van der Waals surface area contributed by atoms with Crippen LogP contribution in [0.5, 0.6) is 5.88 Å². The molecular weight excluding hydrogens is 238 g/mol. The summed E-state index contributed by atoms with van der Waals surface area (Å²) >= 11 is 0. The van der Waals surface area contributed by atoms with Gasteiger partial charge in [-0.25, -0.2) is 4.98 Å². The smallest absolute Gasteiger partial charge is 0.199 e. The van der Waals surface area contributed by atoms with Gasteiger partial charge < -0.3 is 9.64 Å². The first-order valence-electron chi connectivity index (χ1n) is 7.01. The lowest BCUT2D eigenvalue weighted by Crippen LogP contribution is -2.19. The van der Waals surface area contributed by atoms with E-state index < -0.39 is 0 Å². The Morgan fingerprint density at radius 2 is 2.26 bits per heavy atom. The lowest BCUT2D eigenvalue weighted by molar-refractivity contribution is 0.284. The van der Waals surface area contributed by atoms with E-state index in [0.29, 0.717) is 0 Å². The fraction of sp³-hybridized carbons (Fsp3) is 0.533. The molecule has 0 atom stereocenters. The molecule has 0 spiro atoms. The number of fused-ring (bicyclic) bond motifs is 3. The van der Waals surface area contributed by atoms with Crippen LogP contribution in [0.2, 0.25) is 0 Å². The van der Waals surface area contributed by atoms with E-state index >= 15 is 0 Å². The zero-order valence-corrected chi connectivity index (χ0v) is 11.7. The average Bonchev–Trinajstić information content (AvgIpc) is 2.56. The van der Waals surface area contributed by atoms with Crippen LogP contribution in [0.1, 0.15) is 18.4 Å². The number of hydrogen-bond acceptors (Lipinski definition) is 3. The lowest BCUT2D eigenvalue weighted by Gasteiger charge is -2.14. The van der Waals surface area contributed by atoms with E-state index in [1.165, 1.54) is 17.4 Å². The SMILES string of the molecule is CN(C)CCn1c2c(c3cccnc31)CCCCO2. The molecule has 0 aliphatic carbocycles. The van der Waals surface area contributed by atoms with Crippen LogP contribution in [0.4, 0.5) is 0 Å². The third kappa shape index (κ3) is 2.32. The van der Waals surface area contributed by atoms with E-state index in [0.717, 1.165) is 44.1 Å². The Hall–Kier alpha value is -1.55. The number of pyridine rings is 1. The first kappa shape index (κ1) is 12.5. The van der Waals surface area contributed by atoms with Crippen molar-refractivity contribution in [2.24, 2.45) is 0 Å². The molecule has 0 bridgehead atoms. The van der Waals surface area contributed by atoms with Gasteiger partial charge in [0.05, 0.1) is 6.61 Å². The van der Waals surface area contributed by atoms with Gasteiger partial charge in [-0.1, -0.05) is 0 Å². The van der Waals surface area contributed by atoms with Crippen molar-refractivity contribution in [3.05, 3.63) is 23.9 Å². The van der Waals surface area contributed by atoms with Gasteiger partial charge in [-0.2, -0.15) is 0 Å². The molecule has 0 fully saturated rings. The summed E-state index contributed by atoms with van der Waals surface area (Å²) in [6, 6.07) is 4.19. The van der Waals surface area contributed by atoms with Gasteiger partial charge in [0.25, 0.3) is 0 Å². The number of aromatic nitrogens is 2. The van der Waals surface area contributed by atoms with Crippen molar-refractivity contribution in [3.63, 3.8) is 0 Å². The third-order valence-corrected chi connectivity index (χ3v) is 3.70. The summed E-state index contributed by atoms with van der Waals surface area (Å²) < 4.78 is 8.25. The predicted molar refractivity (Wildman–Crippen MR) is 76.7 cm³/mol. The molecule has 0 N–H and O–H groups in total. The van der Waals surface area contributed by atoms with Crippen LogP contribution < -0.4 is 4.74 Å². The van der Waals surface area contributed by atoms with Gasteiger partial charge in [0.2, 0.25) is 0 Å². The maximum absolute atomic E-state index is 6.00. The summed E-state index contributed by atoms with van der Waals surface area (Å²) in [5.41, 5.74) is 2.41. The van der Waals surface area contributed by atoms with E-state index in [1.807, 2.05) is 12.3 Å². The fourth-order valence-electron chi connectivity index (χ4n) is 2.71. The van der Waals surface area contributed by atoms with E-state index in [1.54, 1.807) is 0 Å². The second-order valence-electron chi connectivity index (χ2n) is 5.42. The molecule has 0 amide bonds. The Balaban J connectivity index is 2.09. The quantitative estimate of drug-likeness (QED) is 0.847. The Morgan fingerprint density at radius 1 is 1.37 bits per heavy atom. The largest absolute Gasteiger partial charge is 0.479 e. The number of aryl methyl sites for hydroxylation is 1. The standard InChI is InChI=1S/C15H21N3O/c1-17(2)9-10-18-14-12(7-5-8-16-14)13-6-3-4-11-19-15(13)18/h5,7-8H,3-4,6,9-11H2,1-2H3. The molecule has 19 heavy (non-hydrogen) atoms. The minimum absolute atomic E-state index is 0.825. The number of nitrogens with zero attached hydrogens (tertiary/aromatic N) is 3. The monoisotopic (exact) mass is 259 g/mol. The molecule has 3 heterocycles. The first-order chi connectivity index (χ1) is 9.27. The van der Waals surface area contributed by atoms with Crippen LogP contribution in [-0.2, 0) is 13.0 Å². The Morgan fingerprint density at radius 3 is 3.11 bits per heavy atom. The molecule has 0 unspecified atom stereocenters. The lowest BCUT2D eigenvalue weighted by atomic mass is 10.1. The molecule has 0 saturated carbocycles. The minimum atomic E-state index is 0.825. The molecule has 4 nitrogen and oxygen atoms in total. The number of ether oxygens (including phenoxy) is 1. The van der Waals surface area contributed by atoms with Crippen LogP contribution in [0.3, 0.4) is 0 Å². The highest BCUT2D eigenvalue weighted by Crippen LogP contribution is 2.34. The molecule has 0 aromatic carbocycles. The Labute approximate surface area is 114 Å². The van der Waals surface area contributed by atoms with Gasteiger partial charge in [-0.3, -0.25) is 4.57 Å². The second kappa shape index (κ2) is 5.21. The van der Waals surface area contributed by atoms with Crippen LogP contribution in [0, 0.1) is 0 Å². The van der Waals surface area contributed by atoms with Crippen molar-refractivity contribution < 1.29 is 4.74 Å². The molecule has 102 valence electrons. The maximum atomic E-state index is 6.00. The summed E-state index contributed by atoms with van der Waals surface area (Å²) in [6.45, 7) is 2.75. The van der Waals surface area contributed by atoms with E-state index in [4.69, 9.17) is 4.74 Å². The van der Waals surface area contributed by atoms with Crippen molar-refractivity contribution in [1.29, 1.82) is 0 Å². The highest BCUT2D eigenvalue weighted by molar-refractivity contribution is 5.83. The first-order valence-corrected chi connectivity index (χ1v) is 7.01. The van der Waals surface area contributed by atoms with E-state index in [9.17, 15) is 0 Å². The molecule has 4 heteroatoms. The van der Waals surface area contributed by atoms with Gasteiger partial charge in [-0.15, -0.1) is 0 Å². The minimum Gasteiger partial charge on any atom is -0.479 e. The predicted octanol–water partition coefficient (Wildman–Crippen LogP) is 2.31. The molecule has 1 aliphatic heterocycles. The number of hydrogen-bond donors (Lipinski definition) is 0. The summed E-state index contributed by atoms with van der Waals surface area (Å²) in [6.07, 6.45) is 5.32. The highest BCUT2D eigenvalue weighted by Gasteiger charge is 2.20. The fourth-order valence-corrected chi connectivity index (χ4v) is 2.71. The number of likely N-dealkylation sites (N-methyl/N-ethyl adjacent to an activating group) is 1. The maximum Gasteiger partial charge on any atom is 0.199 e. The molecule has 3 rings (SSSR count).